The maximum absolute atomic E-state index is 13.4. The lowest BCUT2D eigenvalue weighted by Crippen LogP contribution is -2.50. The lowest BCUT2D eigenvalue weighted by atomic mass is 9.86. The highest BCUT2D eigenvalue weighted by Crippen LogP contribution is 2.31. The number of benzene rings is 2. The number of hydrogen-bond donors (Lipinski definition) is 1. The van der Waals surface area contributed by atoms with Crippen molar-refractivity contribution in [1.82, 2.24) is 10.2 Å². The molecule has 0 aliphatic rings. The fourth-order valence-corrected chi connectivity index (χ4v) is 3.73. The van der Waals surface area contributed by atoms with Gasteiger partial charge in [0.25, 0.3) is 5.91 Å². The number of amides is 2. The van der Waals surface area contributed by atoms with E-state index < -0.39 is 6.04 Å². The molecule has 32 heavy (non-hydrogen) atoms. The van der Waals surface area contributed by atoms with Gasteiger partial charge in [-0.1, -0.05) is 82.6 Å². The van der Waals surface area contributed by atoms with Crippen molar-refractivity contribution < 1.29 is 14.3 Å². The maximum Gasteiger partial charge on any atom is 0.261 e. The van der Waals surface area contributed by atoms with Crippen LogP contribution in [0.15, 0.2) is 48.5 Å². The van der Waals surface area contributed by atoms with Gasteiger partial charge in [-0.3, -0.25) is 9.59 Å². The van der Waals surface area contributed by atoms with E-state index in [1.54, 1.807) is 4.90 Å². The highest BCUT2D eigenvalue weighted by molar-refractivity contribution is 5.88. The first-order chi connectivity index (χ1) is 15.2. The molecule has 1 unspecified atom stereocenters. The largest absolute Gasteiger partial charge is 0.483 e. The zero-order chi connectivity index (χ0) is 23.7. The number of nitrogens with zero attached hydrogens (tertiary/aromatic N) is 1. The van der Waals surface area contributed by atoms with Crippen LogP contribution in [0.5, 0.6) is 5.75 Å². The van der Waals surface area contributed by atoms with Gasteiger partial charge in [-0.2, -0.15) is 0 Å². The monoisotopic (exact) mass is 438 g/mol. The van der Waals surface area contributed by atoms with Crippen LogP contribution >= 0.6 is 0 Å². The lowest BCUT2D eigenvalue weighted by molar-refractivity contribution is -0.143. The number of rotatable bonds is 10. The minimum Gasteiger partial charge on any atom is -0.483 e. The molecular weight excluding hydrogens is 400 g/mol. The van der Waals surface area contributed by atoms with Crippen molar-refractivity contribution in [3.8, 4) is 5.75 Å². The van der Waals surface area contributed by atoms with Crippen molar-refractivity contribution in [2.45, 2.75) is 72.4 Å². The zero-order valence-electron chi connectivity index (χ0n) is 20.4. The summed E-state index contributed by atoms with van der Waals surface area (Å²) in [5.41, 5.74) is 3.06. The summed E-state index contributed by atoms with van der Waals surface area (Å²) in [6.07, 6.45) is 1.38. The quantitative estimate of drug-likeness (QED) is 0.568. The lowest BCUT2D eigenvalue weighted by Gasteiger charge is -2.31. The van der Waals surface area contributed by atoms with Crippen LogP contribution in [-0.2, 0) is 21.5 Å². The number of nitrogens with one attached hydrogen (secondary N) is 1. The number of carbonyl (C=O) groups excluding carboxylic acids is 2. The van der Waals surface area contributed by atoms with E-state index >= 15 is 0 Å². The van der Waals surface area contributed by atoms with Crippen LogP contribution in [0.2, 0.25) is 0 Å². The first kappa shape index (κ1) is 25.4. The van der Waals surface area contributed by atoms with Crippen LogP contribution in [-0.4, -0.2) is 35.9 Å². The van der Waals surface area contributed by atoms with Gasteiger partial charge in [-0.05, 0) is 42.4 Å². The third-order valence-electron chi connectivity index (χ3n) is 5.42. The SMILES string of the molecule is CCCNC(=O)C(CC)N(Cc1cccc(C)c1)C(=O)COc1ccccc1C(C)(C)C. The molecule has 0 saturated carbocycles. The van der Waals surface area contributed by atoms with Gasteiger partial charge in [0.1, 0.15) is 11.8 Å². The highest BCUT2D eigenvalue weighted by atomic mass is 16.5. The molecule has 0 bridgehead atoms. The second-order valence-electron chi connectivity index (χ2n) is 9.26. The average Bonchev–Trinajstić information content (AvgIpc) is 2.75. The Hall–Kier alpha value is -2.82. The van der Waals surface area contributed by atoms with Crippen LogP contribution in [0.25, 0.3) is 0 Å². The standard InChI is InChI=1S/C27H38N2O3/c1-7-16-28-26(31)23(8-2)29(18-21-13-11-12-20(3)17-21)25(30)19-32-24-15-10-9-14-22(24)27(4,5)6/h9-15,17,23H,7-8,16,18-19H2,1-6H3,(H,28,31). The molecule has 0 aliphatic carbocycles. The Kier molecular flexibility index (Phi) is 9.30. The third kappa shape index (κ3) is 7.11. The fourth-order valence-electron chi connectivity index (χ4n) is 3.73. The van der Waals surface area contributed by atoms with Crippen molar-refractivity contribution >= 4 is 11.8 Å². The first-order valence-electron chi connectivity index (χ1n) is 11.5. The fraction of sp³-hybridized carbons (Fsp3) is 0.481. The van der Waals surface area contributed by atoms with E-state index in [2.05, 4.69) is 26.1 Å². The molecule has 0 saturated heterocycles. The van der Waals surface area contributed by atoms with Crippen LogP contribution in [0.3, 0.4) is 0 Å². The Bertz CT molecular complexity index is 902. The Balaban J connectivity index is 2.26. The Morgan fingerprint density at radius 3 is 2.41 bits per heavy atom. The number of hydrogen-bond acceptors (Lipinski definition) is 3. The van der Waals surface area contributed by atoms with E-state index in [1.807, 2.05) is 69.3 Å². The number of aryl methyl sites for hydroxylation is 1. The van der Waals surface area contributed by atoms with Gasteiger partial charge < -0.3 is 15.0 Å². The van der Waals surface area contributed by atoms with Crippen LogP contribution in [0.4, 0.5) is 0 Å². The summed E-state index contributed by atoms with van der Waals surface area (Å²) in [6.45, 7) is 13.2. The average molecular weight is 439 g/mol. The Labute approximate surface area is 193 Å². The minimum absolute atomic E-state index is 0.104. The normalized spacial score (nSPS) is 12.2. The summed E-state index contributed by atoms with van der Waals surface area (Å²) in [6, 6.07) is 15.3. The summed E-state index contributed by atoms with van der Waals surface area (Å²) >= 11 is 0. The first-order valence-corrected chi connectivity index (χ1v) is 11.5. The molecule has 0 aromatic heterocycles. The van der Waals surface area contributed by atoms with E-state index in [9.17, 15) is 9.59 Å². The van der Waals surface area contributed by atoms with Gasteiger partial charge in [0.05, 0.1) is 0 Å². The second-order valence-corrected chi connectivity index (χ2v) is 9.26. The maximum atomic E-state index is 13.4. The Morgan fingerprint density at radius 1 is 1.06 bits per heavy atom. The van der Waals surface area contributed by atoms with Crippen molar-refractivity contribution in [2.75, 3.05) is 13.2 Å². The molecule has 2 rings (SSSR count). The number of carbonyl (C=O) groups is 2. The van der Waals surface area contributed by atoms with Crippen LogP contribution in [0, 0.1) is 6.92 Å². The molecule has 2 amide bonds. The van der Waals surface area contributed by atoms with Gasteiger partial charge >= 0.3 is 0 Å². The van der Waals surface area contributed by atoms with Crippen molar-refractivity contribution in [1.29, 1.82) is 0 Å². The van der Waals surface area contributed by atoms with E-state index in [0.717, 1.165) is 23.1 Å². The predicted octanol–water partition coefficient (Wildman–Crippen LogP) is 5.00. The molecule has 0 spiro atoms. The van der Waals surface area contributed by atoms with E-state index in [1.165, 1.54) is 0 Å². The van der Waals surface area contributed by atoms with E-state index in [0.29, 0.717) is 25.3 Å². The topological polar surface area (TPSA) is 58.6 Å². The molecule has 2 aromatic carbocycles. The molecule has 0 fully saturated rings. The van der Waals surface area contributed by atoms with E-state index in [-0.39, 0.29) is 23.8 Å². The third-order valence-corrected chi connectivity index (χ3v) is 5.42. The molecule has 0 radical (unpaired) electrons. The number of para-hydroxylation sites is 1. The molecule has 5 nitrogen and oxygen atoms in total. The highest BCUT2D eigenvalue weighted by Gasteiger charge is 2.29. The van der Waals surface area contributed by atoms with Gasteiger partial charge in [-0.15, -0.1) is 0 Å². The summed E-state index contributed by atoms with van der Waals surface area (Å²) in [4.78, 5) is 27.9. The number of ether oxygens (including phenoxy) is 1. The molecule has 0 aliphatic heterocycles. The van der Waals surface area contributed by atoms with Crippen molar-refractivity contribution in [3.05, 3.63) is 65.2 Å². The van der Waals surface area contributed by atoms with E-state index in [4.69, 9.17) is 4.74 Å². The molecule has 5 heteroatoms. The van der Waals surface area contributed by atoms with Gasteiger partial charge in [0, 0.05) is 13.1 Å². The molecule has 2 aromatic rings. The van der Waals surface area contributed by atoms with Crippen LogP contribution < -0.4 is 10.1 Å². The van der Waals surface area contributed by atoms with Gasteiger partial charge in [-0.25, -0.2) is 0 Å². The minimum atomic E-state index is -0.545. The summed E-state index contributed by atoms with van der Waals surface area (Å²) < 4.78 is 6.00. The summed E-state index contributed by atoms with van der Waals surface area (Å²) in [5.74, 6) is 0.381. The molecule has 1 atom stereocenters. The van der Waals surface area contributed by atoms with Crippen molar-refractivity contribution in [3.63, 3.8) is 0 Å². The van der Waals surface area contributed by atoms with Crippen molar-refractivity contribution in [2.24, 2.45) is 0 Å². The van der Waals surface area contributed by atoms with Gasteiger partial charge in [0.15, 0.2) is 6.61 Å². The summed E-state index contributed by atoms with van der Waals surface area (Å²) in [5, 5.41) is 2.95. The predicted molar refractivity (Wildman–Crippen MR) is 130 cm³/mol. The molecule has 1 N–H and O–H groups in total. The van der Waals surface area contributed by atoms with Gasteiger partial charge in [0.2, 0.25) is 5.91 Å². The molecular formula is C27H38N2O3. The smallest absolute Gasteiger partial charge is 0.261 e. The summed E-state index contributed by atoms with van der Waals surface area (Å²) in [7, 11) is 0. The zero-order valence-corrected chi connectivity index (χ0v) is 20.4. The molecule has 0 heterocycles. The second kappa shape index (κ2) is 11.7. The molecule has 174 valence electrons. The Morgan fingerprint density at radius 2 is 1.78 bits per heavy atom. The van der Waals surface area contributed by atoms with Crippen LogP contribution in [0.1, 0.15) is 64.2 Å².